The minimum atomic E-state index is -0.107. The number of allylic oxidation sites excluding steroid dienone is 4. The molecule has 2 aliphatic rings. The van der Waals surface area contributed by atoms with Crippen molar-refractivity contribution in [3.63, 3.8) is 0 Å². The molecule has 2 atom stereocenters. The van der Waals surface area contributed by atoms with Crippen molar-refractivity contribution in [1.82, 2.24) is 0 Å². The second-order valence-electron chi connectivity index (χ2n) is 2.53. The van der Waals surface area contributed by atoms with Gasteiger partial charge in [-0.05, 0) is 6.42 Å². The SMILES string of the molecule is FC1=C(Cl)C2C=CC1C2. The van der Waals surface area contributed by atoms with Crippen LogP contribution in [0.2, 0.25) is 0 Å². The van der Waals surface area contributed by atoms with Crippen molar-refractivity contribution in [2.75, 3.05) is 0 Å². The molecule has 0 aliphatic heterocycles. The standard InChI is InChI=1S/C7H6ClF/c8-6-4-1-2-5(3-4)7(6)9/h1-2,4-5H,3H2. The third-order valence-electron chi connectivity index (χ3n) is 1.96. The number of rotatable bonds is 0. The summed E-state index contributed by atoms with van der Waals surface area (Å²) in [4.78, 5) is 0. The van der Waals surface area contributed by atoms with Crippen LogP contribution in [0.5, 0.6) is 0 Å². The Morgan fingerprint density at radius 3 is 2.44 bits per heavy atom. The molecule has 0 N–H and O–H groups in total. The highest BCUT2D eigenvalue weighted by Gasteiger charge is 2.34. The summed E-state index contributed by atoms with van der Waals surface area (Å²) < 4.78 is 12.7. The molecule has 2 aliphatic carbocycles. The van der Waals surface area contributed by atoms with Crippen LogP contribution in [-0.4, -0.2) is 0 Å². The Kier molecular flexibility index (Phi) is 0.974. The highest BCUT2D eigenvalue weighted by atomic mass is 35.5. The van der Waals surface area contributed by atoms with E-state index in [4.69, 9.17) is 11.6 Å². The summed E-state index contributed by atoms with van der Waals surface area (Å²) in [7, 11) is 0. The molecule has 0 nitrogen and oxygen atoms in total. The Bertz CT molecular complexity index is 185. The first-order valence-corrected chi connectivity index (χ1v) is 3.40. The van der Waals surface area contributed by atoms with Crippen LogP contribution in [0, 0.1) is 11.8 Å². The van der Waals surface area contributed by atoms with E-state index in [0.29, 0.717) is 5.03 Å². The Morgan fingerprint density at radius 2 is 2.11 bits per heavy atom. The van der Waals surface area contributed by atoms with Gasteiger partial charge in [0.05, 0.1) is 5.03 Å². The Morgan fingerprint density at radius 1 is 1.44 bits per heavy atom. The maximum absolute atomic E-state index is 12.7. The van der Waals surface area contributed by atoms with E-state index in [1.54, 1.807) is 0 Å². The van der Waals surface area contributed by atoms with E-state index in [9.17, 15) is 4.39 Å². The molecule has 2 unspecified atom stereocenters. The van der Waals surface area contributed by atoms with E-state index in [2.05, 4.69) is 0 Å². The minimum absolute atomic E-state index is 0.0162. The summed E-state index contributed by atoms with van der Waals surface area (Å²) in [6.07, 6.45) is 4.74. The molecule has 0 fully saturated rings. The molecular formula is C7H6ClF. The molecule has 0 aromatic rings. The highest BCUT2D eigenvalue weighted by Crippen LogP contribution is 2.45. The molecule has 0 amide bonds. The van der Waals surface area contributed by atoms with Crippen LogP contribution in [0.4, 0.5) is 4.39 Å². The van der Waals surface area contributed by atoms with Crippen molar-refractivity contribution >= 4 is 11.6 Å². The van der Waals surface area contributed by atoms with Crippen molar-refractivity contribution in [2.24, 2.45) is 11.8 Å². The largest absolute Gasteiger partial charge is 0.210 e. The van der Waals surface area contributed by atoms with Crippen molar-refractivity contribution < 1.29 is 4.39 Å². The molecule has 0 saturated carbocycles. The second-order valence-corrected chi connectivity index (χ2v) is 2.94. The van der Waals surface area contributed by atoms with Crippen LogP contribution in [0.1, 0.15) is 6.42 Å². The topological polar surface area (TPSA) is 0 Å². The summed E-state index contributed by atoms with van der Waals surface area (Å²) in [6, 6.07) is 0. The Hall–Kier alpha value is -0.300. The second kappa shape index (κ2) is 1.60. The van der Waals surface area contributed by atoms with E-state index in [-0.39, 0.29) is 17.7 Å². The average molecular weight is 145 g/mol. The van der Waals surface area contributed by atoms with Gasteiger partial charge in [-0.2, -0.15) is 0 Å². The zero-order chi connectivity index (χ0) is 6.43. The maximum Gasteiger partial charge on any atom is 0.122 e. The molecule has 0 heterocycles. The average Bonchev–Trinajstić information content (AvgIpc) is 2.37. The third-order valence-corrected chi connectivity index (χ3v) is 2.42. The molecule has 0 spiro atoms. The van der Waals surface area contributed by atoms with Crippen molar-refractivity contribution in [2.45, 2.75) is 6.42 Å². The molecule has 0 aromatic heterocycles. The van der Waals surface area contributed by atoms with E-state index < -0.39 is 0 Å². The highest BCUT2D eigenvalue weighted by molar-refractivity contribution is 6.30. The fourth-order valence-electron chi connectivity index (χ4n) is 1.43. The first kappa shape index (κ1) is 5.48. The first-order valence-electron chi connectivity index (χ1n) is 3.02. The van der Waals surface area contributed by atoms with Crippen molar-refractivity contribution in [3.05, 3.63) is 23.0 Å². The molecule has 48 valence electrons. The van der Waals surface area contributed by atoms with Gasteiger partial charge in [-0.3, -0.25) is 0 Å². The van der Waals surface area contributed by atoms with Crippen LogP contribution < -0.4 is 0 Å². The fourth-order valence-corrected chi connectivity index (χ4v) is 1.73. The molecule has 0 aromatic carbocycles. The monoisotopic (exact) mass is 144 g/mol. The minimum Gasteiger partial charge on any atom is -0.210 e. The van der Waals surface area contributed by atoms with Gasteiger partial charge in [-0.15, -0.1) is 0 Å². The fraction of sp³-hybridized carbons (Fsp3) is 0.429. The number of halogens is 2. The lowest BCUT2D eigenvalue weighted by Gasteiger charge is -2.00. The molecule has 0 radical (unpaired) electrons. The number of hydrogen-bond acceptors (Lipinski definition) is 0. The summed E-state index contributed by atoms with van der Waals surface area (Å²) in [5.41, 5.74) is 0. The normalized spacial score (nSPS) is 38.9. The molecule has 9 heavy (non-hydrogen) atoms. The first-order chi connectivity index (χ1) is 4.29. The van der Waals surface area contributed by atoms with Gasteiger partial charge >= 0.3 is 0 Å². The van der Waals surface area contributed by atoms with Gasteiger partial charge in [0.25, 0.3) is 0 Å². The third kappa shape index (κ3) is 0.584. The lowest BCUT2D eigenvalue weighted by molar-refractivity contribution is 0.542. The predicted octanol–water partition coefficient (Wildman–Crippen LogP) is 2.61. The quantitative estimate of drug-likeness (QED) is 0.459. The molecule has 2 rings (SSSR count). The summed E-state index contributed by atoms with van der Waals surface area (Å²) in [5, 5.41) is 0.433. The van der Waals surface area contributed by atoms with Crippen molar-refractivity contribution in [1.29, 1.82) is 0 Å². The van der Waals surface area contributed by atoms with E-state index in [1.165, 1.54) is 0 Å². The number of hydrogen-bond donors (Lipinski definition) is 0. The van der Waals surface area contributed by atoms with Gasteiger partial charge in [0, 0.05) is 11.8 Å². The zero-order valence-corrected chi connectivity index (χ0v) is 5.53. The van der Waals surface area contributed by atoms with E-state index in [1.807, 2.05) is 12.2 Å². The van der Waals surface area contributed by atoms with Gasteiger partial charge < -0.3 is 0 Å². The number of fused-ring (bicyclic) bond motifs is 2. The molecular weight excluding hydrogens is 139 g/mol. The van der Waals surface area contributed by atoms with Gasteiger partial charge in [0.2, 0.25) is 0 Å². The van der Waals surface area contributed by atoms with Crippen molar-refractivity contribution in [3.8, 4) is 0 Å². The summed E-state index contributed by atoms with van der Waals surface area (Å²) in [6.45, 7) is 0. The lowest BCUT2D eigenvalue weighted by atomic mass is 10.1. The van der Waals surface area contributed by atoms with Crippen LogP contribution in [-0.2, 0) is 0 Å². The Labute approximate surface area is 58.0 Å². The summed E-state index contributed by atoms with van der Waals surface area (Å²) in [5.74, 6) is 0.114. The van der Waals surface area contributed by atoms with E-state index >= 15 is 0 Å². The van der Waals surface area contributed by atoms with Crippen LogP contribution in [0.25, 0.3) is 0 Å². The van der Waals surface area contributed by atoms with Crippen LogP contribution in [0.3, 0.4) is 0 Å². The van der Waals surface area contributed by atoms with Gasteiger partial charge in [0.15, 0.2) is 0 Å². The lowest BCUT2D eigenvalue weighted by Crippen LogP contribution is -1.87. The molecule has 2 bridgehead atoms. The van der Waals surface area contributed by atoms with Crippen LogP contribution >= 0.6 is 11.6 Å². The van der Waals surface area contributed by atoms with Gasteiger partial charge in [-0.25, -0.2) is 4.39 Å². The van der Waals surface area contributed by atoms with Gasteiger partial charge in [-0.1, -0.05) is 23.8 Å². The Balaban J connectivity index is 2.41. The van der Waals surface area contributed by atoms with Gasteiger partial charge in [0.1, 0.15) is 5.83 Å². The maximum atomic E-state index is 12.7. The van der Waals surface area contributed by atoms with E-state index in [0.717, 1.165) is 6.42 Å². The van der Waals surface area contributed by atoms with Crippen LogP contribution in [0.15, 0.2) is 23.0 Å². The predicted molar refractivity (Wildman–Crippen MR) is 34.7 cm³/mol. The zero-order valence-electron chi connectivity index (χ0n) is 4.77. The summed E-state index contributed by atoms with van der Waals surface area (Å²) >= 11 is 5.61. The molecule has 2 heteroatoms. The smallest absolute Gasteiger partial charge is 0.122 e. The molecule has 0 saturated heterocycles.